The Morgan fingerprint density at radius 2 is 1.63 bits per heavy atom. The largest absolute Gasteiger partial charge is 0.480 e. The Morgan fingerprint density at radius 3 is 2.19 bits per heavy atom. The van der Waals surface area contributed by atoms with Gasteiger partial charge in [-0.2, -0.15) is 0 Å². The van der Waals surface area contributed by atoms with E-state index in [4.69, 9.17) is 21.0 Å². The Bertz CT molecular complexity index is 1650. The number of amidine groups is 1. The molecule has 43 heavy (non-hydrogen) atoms. The third-order valence-corrected chi connectivity index (χ3v) is 7.19. The van der Waals surface area contributed by atoms with E-state index in [1.54, 1.807) is 47.1 Å². The van der Waals surface area contributed by atoms with Crippen molar-refractivity contribution >= 4 is 42.5 Å². The number of pyridine rings is 1. The number of piperidine rings is 1. The van der Waals surface area contributed by atoms with Crippen molar-refractivity contribution in [3.63, 3.8) is 0 Å². The molecule has 1 aliphatic heterocycles. The first kappa shape index (κ1) is 33.1. The van der Waals surface area contributed by atoms with E-state index in [1.807, 2.05) is 42.5 Å². The lowest BCUT2D eigenvalue weighted by atomic mass is 10.0. The number of hydrogen-bond donors (Lipinski definition) is 3. The average molecular weight is 628 g/mol. The number of likely N-dealkylation sites (tertiary alicyclic amines) is 1. The molecule has 5 rings (SSSR count). The fourth-order valence-electron chi connectivity index (χ4n) is 5.11. The molecule has 4 aromatic rings. The Labute approximate surface area is 260 Å². The van der Waals surface area contributed by atoms with Crippen LogP contribution in [0.1, 0.15) is 28.8 Å². The van der Waals surface area contributed by atoms with Gasteiger partial charge in [0.2, 0.25) is 0 Å². The summed E-state index contributed by atoms with van der Waals surface area (Å²) in [7, 11) is 1.73. The van der Waals surface area contributed by atoms with Crippen LogP contribution in [-0.2, 0) is 16.6 Å². The van der Waals surface area contributed by atoms with Crippen molar-refractivity contribution in [2.75, 3.05) is 19.7 Å². The first-order valence-corrected chi connectivity index (χ1v) is 13.2. The van der Waals surface area contributed by atoms with Crippen LogP contribution in [-0.4, -0.2) is 67.9 Å². The lowest BCUT2D eigenvalue weighted by molar-refractivity contribution is -0.145. The third kappa shape index (κ3) is 6.96. The van der Waals surface area contributed by atoms with Crippen molar-refractivity contribution in [2.45, 2.75) is 18.9 Å². The number of halogens is 2. The minimum Gasteiger partial charge on any atom is -0.480 e. The van der Waals surface area contributed by atoms with Gasteiger partial charge in [-0.3, -0.25) is 24.7 Å². The molecule has 0 radical (unpaired) electrons. The van der Waals surface area contributed by atoms with Crippen LogP contribution < -0.4 is 11.3 Å². The van der Waals surface area contributed by atoms with Crippen molar-refractivity contribution in [1.82, 2.24) is 19.2 Å². The number of nitrogens with two attached hydrogens (primary N) is 1. The van der Waals surface area contributed by atoms with Gasteiger partial charge >= 0.3 is 5.97 Å². The van der Waals surface area contributed by atoms with Gasteiger partial charge in [-0.15, -0.1) is 24.8 Å². The summed E-state index contributed by atoms with van der Waals surface area (Å²) in [6.07, 6.45) is 2.40. The molecule has 1 saturated heterocycles. The number of hydrogen-bond acceptors (Lipinski definition) is 6. The van der Waals surface area contributed by atoms with Crippen LogP contribution in [0.4, 0.5) is 0 Å². The molecule has 0 unspecified atom stereocenters. The zero-order valence-electron chi connectivity index (χ0n) is 23.3. The molecular formula is C30H32Cl2N6O5. The molecule has 11 nitrogen and oxygen atoms in total. The first-order chi connectivity index (χ1) is 19.7. The molecule has 1 fully saturated rings. The number of nitrogen functional groups attached to an aromatic ring is 1. The number of nitrogens with one attached hydrogen (secondary N) is 1. The van der Waals surface area contributed by atoms with Crippen LogP contribution in [0.3, 0.4) is 0 Å². The van der Waals surface area contributed by atoms with Crippen LogP contribution in [0, 0.1) is 5.41 Å². The normalized spacial score (nSPS) is 13.1. The van der Waals surface area contributed by atoms with Crippen LogP contribution in [0.2, 0.25) is 0 Å². The van der Waals surface area contributed by atoms with Gasteiger partial charge in [0, 0.05) is 43.0 Å². The van der Waals surface area contributed by atoms with Crippen molar-refractivity contribution < 1.29 is 19.4 Å². The first-order valence-electron chi connectivity index (χ1n) is 13.2. The predicted molar refractivity (Wildman–Crippen MR) is 168 cm³/mol. The second kappa shape index (κ2) is 14.1. The molecule has 0 atom stereocenters. The second-order valence-corrected chi connectivity index (χ2v) is 9.81. The number of carbonyl (C=O) groups excluding carboxylic acids is 1. The predicted octanol–water partition coefficient (Wildman–Crippen LogP) is 3.74. The topological polar surface area (TPSA) is 157 Å². The summed E-state index contributed by atoms with van der Waals surface area (Å²) in [6.45, 7) is 0.286. The second-order valence-electron chi connectivity index (χ2n) is 9.81. The van der Waals surface area contributed by atoms with Gasteiger partial charge < -0.3 is 20.5 Å². The van der Waals surface area contributed by atoms with Crippen molar-refractivity contribution in [3.05, 3.63) is 94.4 Å². The number of ether oxygens (including phenoxy) is 1. The molecule has 13 heteroatoms. The lowest BCUT2D eigenvalue weighted by Gasteiger charge is -2.31. The quantitative estimate of drug-likeness (QED) is 0.199. The zero-order chi connectivity index (χ0) is 29.1. The number of carbonyl (C=O) groups is 2. The average Bonchev–Trinajstić information content (AvgIpc) is 3.25. The smallest absolute Gasteiger partial charge is 0.329 e. The Hall–Kier alpha value is -4.45. The molecule has 2 aromatic carbocycles. The van der Waals surface area contributed by atoms with E-state index in [1.165, 1.54) is 4.68 Å². The van der Waals surface area contributed by atoms with Gasteiger partial charge in [-0.1, -0.05) is 30.3 Å². The number of nitrogens with zero attached hydrogens (tertiary/aromatic N) is 4. The van der Waals surface area contributed by atoms with Gasteiger partial charge in [0.1, 0.15) is 18.0 Å². The molecule has 226 valence electrons. The maximum Gasteiger partial charge on any atom is 0.329 e. The number of carboxylic acid groups (broad SMARTS) is 1. The van der Waals surface area contributed by atoms with E-state index in [0.29, 0.717) is 48.4 Å². The number of amides is 1. The minimum absolute atomic E-state index is 0. The summed E-state index contributed by atoms with van der Waals surface area (Å²) in [5.74, 6) is -1.52. The highest BCUT2D eigenvalue weighted by molar-refractivity contribution is 6.00. The van der Waals surface area contributed by atoms with Crippen LogP contribution in [0.5, 0.6) is 0 Å². The molecule has 3 heterocycles. The fourth-order valence-corrected chi connectivity index (χ4v) is 5.11. The number of benzene rings is 2. The summed E-state index contributed by atoms with van der Waals surface area (Å²) < 4.78 is 8.51. The maximum absolute atomic E-state index is 13.9. The molecule has 2 aromatic heterocycles. The van der Waals surface area contributed by atoms with Gasteiger partial charge in [0.15, 0.2) is 0 Å². The van der Waals surface area contributed by atoms with Gasteiger partial charge in [0.25, 0.3) is 11.5 Å². The molecule has 0 aliphatic carbocycles. The molecular weight excluding hydrogens is 595 g/mol. The summed E-state index contributed by atoms with van der Waals surface area (Å²) >= 11 is 0. The minimum atomic E-state index is -1.04. The van der Waals surface area contributed by atoms with Crippen LogP contribution >= 0.6 is 24.8 Å². The SMILES string of the molecule is Cl.Cl.Cn1c(-c2ccc(-c3ccccn3)cc2)c(C(=O)N2CCC(OCC(=O)O)CC2)c(=O)n1-c1ccc(C(=N)N)cc1. The van der Waals surface area contributed by atoms with E-state index >= 15 is 0 Å². The summed E-state index contributed by atoms with van der Waals surface area (Å²) in [5, 5.41) is 16.6. The monoisotopic (exact) mass is 626 g/mol. The van der Waals surface area contributed by atoms with Crippen molar-refractivity contribution in [2.24, 2.45) is 12.8 Å². The van der Waals surface area contributed by atoms with E-state index in [2.05, 4.69) is 4.98 Å². The van der Waals surface area contributed by atoms with Gasteiger partial charge in [0.05, 0.1) is 23.2 Å². The Kier molecular flexibility index (Phi) is 10.9. The van der Waals surface area contributed by atoms with Crippen molar-refractivity contribution in [1.29, 1.82) is 5.41 Å². The highest BCUT2D eigenvalue weighted by Gasteiger charge is 2.32. The summed E-state index contributed by atoms with van der Waals surface area (Å²) in [6, 6.07) is 19.9. The molecule has 1 aliphatic rings. The summed E-state index contributed by atoms with van der Waals surface area (Å²) in [4.78, 5) is 44.7. The van der Waals surface area contributed by atoms with Gasteiger partial charge in [-0.05, 0) is 49.2 Å². The van der Waals surface area contributed by atoms with Crippen LogP contribution in [0.25, 0.3) is 28.2 Å². The standard InChI is InChI=1S/C30H30N6O5.2ClH/c1-34-27(20-7-5-19(6-8-20)24-4-2-3-15-33-24)26(29(39)35-16-13-23(14-17-35)41-18-25(37)38)30(40)36(34)22-11-9-21(10-12-22)28(31)32;;/h2-12,15,23H,13-14,16-18H2,1H3,(H3,31,32)(H,37,38);2*1H. The maximum atomic E-state index is 13.9. The number of rotatable bonds is 8. The van der Waals surface area contributed by atoms with E-state index < -0.39 is 17.4 Å². The number of aromatic nitrogens is 3. The highest BCUT2D eigenvalue weighted by atomic mass is 35.5. The Balaban J connectivity index is 0.00000253. The zero-order valence-corrected chi connectivity index (χ0v) is 24.9. The molecule has 0 bridgehead atoms. The van der Waals surface area contributed by atoms with Gasteiger partial charge in [-0.25, -0.2) is 9.48 Å². The molecule has 1 amide bonds. The Morgan fingerprint density at radius 1 is 1.00 bits per heavy atom. The van der Waals surface area contributed by atoms with E-state index in [9.17, 15) is 14.4 Å². The van der Waals surface area contributed by atoms with Crippen LogP contribution in [0.15, 0.2) is 77.7 Å². The third-order valence-electron chi connectivity index (χ3n) is 7.19. The molecule has 4 N–H and O–H groups in total. The lowest BCUT2D eigenvalue weighted by Crippen LogP contribution is -2.42. The number of aliphatic carboxylic acids is 1. The van der Waals surface area contributed by atoms with E-state index in [0.717, 1.165) is 11.3 Å². The number of carboxylic acids is 1. The van der Waals surface area contributed by atoms with Crippen molar-refractivity contribution in [3.8, 4) is 28.2 Å². The van der Waals surface area contributed by atoms with E-state index in [-0.39, 0.29) is 48.9 Å². The molecule has 0 saturated carbocycles. The molecule has 0 spiro atoms. The highest BCUT2D eigenvalue weighted by Crippen LogP contribution is 2.28. The fraction of sp³-hybridized carbons (Fsp3) is 0.233. The summed E-state index contributed by atoms with van der Waals surface area (Å²) in [5.41, 5.74) is 9.07.